The summed E-state index contributed by atoms with van der Waals surface area (Å²) in [5.74, 6) is -4.43. The van der Waals surface area contributed by atoms with Gasteiger partial charge in [-0.25, -0.2) is 13.2 Å². The molecule has 0 amide bonds. The van der Waals surface area contributed by atoms with E-state index in [0.717, 1.165) is 6.92 Å². The molecule has 0 N–H and O–H groups in total. The third-order valence-electron chi connectivity index (χ3n) is 1.20. The second-order valence-corrected chi connectivity index (χ2v) is 2.80. The SMILES string of the molecule is C=C(C)CC(F)(F)C(F)C(F)(F)F. The molecule has 0 aromatic carbocycles. The van der Waals surface area contributed by atoms with Gasteiger partial charge in [-0.05, 0) is 6.92 Å². The van der Waals surface area contributed by atoms with Gasteiger partial charge < -0.3 is 0 Å². The molecule has 0 heterocycles. The normalized spacial score (nSPS) is 15.6. The van der Waals surface area contributed by atoms with Crippen molar-refractivity contribution in [1.82, 2.24) is 0 Å². The third kappa shape index (κ3) is 3.69. The molecule has 0 bridgehead atoms. The van der Waals surface area contributed by atoms with Crippen LogP contribution in [0, 0.1) is 0 Å². The van der Waals surface area contributed by atoms with Crippen LogP contribution in [0.15, 0.2) is 12.2 Å². The Balaban J connectivity index is 4.54. The van der Waals surface area contributed by atoms with Crippen LogP contribution in [0.4, 0.5) is 26.3 Å². The molecule has 0 saturated carbocycles. The van der Waals surface area contributed by atoms with Gasteiger partial charge in [-0.2, -0.15) is 13.2 Å². The minimum Gasteiger partial charge on any atom is -0.231 e. The molecular formula is C7H8F6. The molecule has 0 aliphatic heterocycles. The first kappa shape index (κ1) is 12.3. The standard InChI is InChI=1S/C7H8F6/c1-4(2)3-6(9,10)5(8)7(11,12)13/h5H,1,3H2,2H3. The van der Waals surface area contributed by atoms with Gasteiger partial charge >= 0.3 is 6.18 Å². The van der Waals surface area contributed by atoms with Crippen LogP contribution < -0.4 is 0 Å². The van der Waals surface area contributed by atoms with Crippen molar-refractivity contribution < 1.29 is 26.3 Å². The Hall–Kier alpha value is -0.680. The fourth-order valence-electron chi connectivity index (χ4n) is 0.731. The zero-order valence-corrected chi connectivity index (χ0v) is 6.76. The molecule has 0 aromatic heterocycles. The van der Waals surface area contributed by atoms with Gasteiger partial charge in [0.25, 0.3) is 12.1 Å². The zero-order valence-electron chi connectivity index (χ0n) is 6.76. The fourth-order valence-corrected chi connectivity index (χ4v) is 0.731. The summed E-state index contributed by atoms with van der Waals surface area (Å²) < 4.78 is 71.5. The first-order valence-electron chi connectivity index (χ1n) is 3.30. The summed E-state index contributed by atoms with van der Waals surface area (Å²) in [5.41, 5.74) is -0.197. The molecule has 0 spiro atoms. The van der Waals surface area contributed by atoms with Crippen molar-refractivity contribution in [2.24, 2.45) is 0 Å². The van der Waals surface area contributed by atoms with Gasteiger partial charge in [-0.3, -0.25) is 0 Å². The number of rotatable bonds is 3. The predicted octanol–water partition coefficient (Wildman–Crippen LogP) is 3.49. The van der Waals surface area contributed by atoms with E-state index in [0.29, 0.717) is 0 Å². The van der Waals surface area contributed by atoms with E-state index >= 15 is 0 Å². The Labute approximate surface area is 71.2 Å². The van der Waals surface area contributed by atoms with E-state index in [4.69, 9.17) is 0 Å². The topological polar surface area (TPSA) is 0 Å². The van der Waals surface area contributed by atoms with Gasteiger partial charge in [0.1, 0.15) is 0 Å². The Bertz CT molecular complexity index is 192. The molecular weight excluding hydrogens is 198 g/mol. The molecule has 0 aliphatic carbocycles. The van der Waals surface area contributed by atoms with Gasteiger partial charge in [0, 0.05) is 6.42 Å². The highest BCUT2D eigenvalue weighted by molar-refractivity contribution is 4.98. The Morgan fingerprint density at radius 2 is 1.62 bits per heavy atom. The van der Waals surface area contributed by atoms with Crippen LogP contribution in [0.3, 0.4) is 0 Å². The molecule has 6 heteroatoms. The number of alkyl halides is 6. The van der Waals surface area contributed by atoms with Crippen LogP contribution >= 0.6 is 0 Å². The number of halogens is 6. The summed E-state index contributed by atoms with van der Waals surface area (Å²) >= 11 is 0. The van der Waals surface area contributed by atoms with Crippen LogP contribution in [0.1, 0.15) is 13.3 Å². The quantitative estimate of drug-likeness (QED) is 0.489. The van der Waals surface area contributed by atoms with E-state index in [9.17, 15) is 26.3 Å². The zero-order chi connectivity index (χ0) is 10.9. The molecule has 0 aromatic rings. The molecule has 0 fully saturated rings. The molecule has 0 rings (SSSR count). The van der Waals surface area contributed by atoms with E-state index < -0.39 is 24.7 Å². The van der Waals surface area contributed by atoms with Crippen LogP contribution in [-0.2, 0) is 0 Å². The molecule has 0 aliphatic rings. The second-order valence-electron chi connectivity index (χ2n) is 2.80. The highest BCUT2D eigenvalue weighted by Crippen LogP contribution is 2.38. The maximum absolute atomic E-state index is 12.4. The van der Waals surface area contributed by atoms with E-state index in [-0.39, 0.29) is 5.57 Å². The van der Waals surface area contributed by atoms with Crippen molar-refractivity contribution in [3.63, 3.8) is 0 Å². The molecule has 0 radical (unpaired) electrons. The van der Waals surface area contributed by atoms with E-state index in [2.05, 4.69) is 6.58 Å². The van der Waals surface area contributed by atoms with Gasteiger partial charge in [0.15, 0.2) is 0 Å². The summed E-state index contributed by atoms with van der Waals surface area (Å²) in [6.45, 7) is 4.10. The fraction of sp³-hybridized carbons (Fsp3) is 0.714. The first-order valence-corrected chi connectivity index (χ1v) is 3.30. The Morgan fingerprint density at radius 3 is 1.85 bits per heavy atom. The molecule has 1 unspecified atom stereocenters. The summed E-state index contributed by atoms with van der Waals surface area (Å²) in [4.78, 5) is 0. The Kier molecular flexibility index (Phi) is 3.40. The van der Waals surface area contributed by atoms with Crippen molar-refractivity contribution in [2.75, 3.05) is 0 Å². The largest absolute Gasteiger partial charge is 0.425 e. The monoisotopic (exact) mass is 206 g/mol. The summed E-state index contributed by atoms with van der Waals surface area (Å²) in [5, 5.41) is 0. The number of hydrogen-bond acceptors (Lipinski definition) is 0. The van der Waals surface area contributed by atoms with Crippen molar-refractivity contribution >= 4 is 0 Å². The van der Waals surface area contributed by atoms with E-state index in [1.54, 1.807) is 0 Å². The lowest BCUT2D eigenvalue weighted by molar-refractivity contribution is -0.243. The number of allylic oxidation sites excluding steroid dienone is 1. The molecule has 78 valence electrons. The number of hydrogen-bond donors (Lipinski definition) is 0. The second kappa shape index (κ2) is 3.59. The van der Waals surface area contributed by atoms with Gasteiger partial charge in [-0.1, -0.05) is 12.2 Å². The highest BCUT2D eigenvalue weighted by Gasteiger charge is 2.56. The maximum Gasteiger partial charge on any atom is 0.425 e. The van der Waals surface area contributed by atoms with Crippen LogP contribution in [0.25, 0.3) is 0 Å². The smallest absolute Gasteiger partial charge is 0.231 e. The molecule has 0 nitrogen and oxygen atoms in total. The van der Waals surface area contributed by atoms with Crippen molar-refractivity contribution in [2.45, 2.75) is 31.6 Å². The molecule has 0 saturated heterocycles. The van der Waals surface area contributed by atoms with Gasteiger partial charge in [-0.15, -0.1) is 0 Å². The van der Waals surface area contributed by atoms with E-state index in [1.807, 2.05) is 0 Å². The lowest BCUT2D eigenvalue weighted by Crippen LogP contribution is -2.41. The van der Waals surface area contributed by atoms with Crippen molar-refractivity contribution in [3.8, 4) is 0 Å². The average molecular weight is 206 g/mol. The molecule has 13 heavy (non-hydrogen) atoms. The lowest BCUT2D eigenvalue weighted by Gasteiger charge is -2.22. The van der Waals surface area contributed by atoms with Crippen LogP contribution in [0.5, 0.6) is 0 Å². The summed E-state index contributed by atoms with van der Waals surface area (Å²) in [6.07, 6.45) is -11.0. The highest BCUT2D eigenvalue weighted by atomic mass is 19.4. The predicted molar refractivity (Wildman–Crippen MR) is 35.3 cm³/mol. The minimum absolute atomic E-state index is 0.197. The average Bonchev–Trinajstić information content (AvgIpc) is 1.80. The maximum atomic E-state index is 12.4. The van der Waals surface area contributed by atoms with Crippen LogP contribution in [0.2, 0.25) is 0 Å². The Morgan fingerprint density at radius 1 is 1.23 bits per heavy atom. The lowest BCUT2D eigenvalue weighted by atomic mass is 10.1. The van der Waals surface area contributed by atoms with Crippen LogP contribution in [-0.4, -0.2) is 18.3 Å². The minimum atomic E-state index is -5.53. The first-order chi connectivity index (χ1) is 5.57. The van der Waals surface area contributed by atoms with Gasteiger partial charge in [0.2, 0.25) is 0 Å². The van der Waals surface area contributed by atoms with Crippen molar-refractivity contribution in [1.29, 1.82) is 0 Å². The summed E-state index contributed by atoms with van der Waals surface area (Å²) in [6, 6.07) is 0. The van der Waals surface area contributed by atoms with Gasteiger partial charge in [0.05, 0.1) is 0 Å². The third-order valence-corrected chi connectivity index (χ3v) is 1.20. The van der Waals surface area contributed by atoms with E-state index in [1.165, 1.54) is 0 Å². The van der Waals surface area contributed by atoms with Crippen molar-refractivity contribution in [3.05, 3.63) is 12.2 Å². The molecule has 1 atom stereocenters. The summed E-state index contributed by atoms with van der Waals surface area (Å²) in [7, 11) is 0.